The highest BCUT2D eigenvalue weighted by Crippen LogP contribution is 2.44. The lowest BCUT2D eigenvalue weighted by molar-refractivity contribution is 0.266. The van der Waals surface area contributed by atoms with Gasteiger partial charge < -0.3 is 15.2 Å². The molecule has 3 N–H and O–H groups in total. The molecule has 4 rings (SSSR count). The first-order valence-electron chi connectivity index (χ1n) is 10.3. The Kier molecular flexibility index (Phi) is 7.24. The molecule has 7 heteroatoms. The molecule has 0 unspecified atom stereocenters. The van der Waals surface area contributed by atoms with E-state index in [1.54, 1.807) is 6.20 Å². The average molecular weight is 410 g/mol. The number of rotatable bonds is 7. The van der Waals surface area contributed by atoms with Gasteiger partial charge in [-0.1, -0.05) is 37.5 Å². The molecule has 0 spiro atoms. The molecule has 0 heterocycles. The van der Waals surface area contributed by atoms with E-state index >= 15 is 0 Å². The quantitative estimate of drug-likeness (QED) is 0.459. The normalized spacial score (nSPS) is 20.8. The van der Waals surface area contributed by atoms with Crippen LogP contribution in [0.2, 0.25) is 0 Å². The number of nitrogens with one attached hydrogen (secondary N) is 1. The van der Waals surface area contributed by atoms with E-state index in [0.717, 1.165) is 25.0 Å². The van der Waals surface area contributed by atoms with Crippen molar-refractivity contribution in [3.8, 4) is 5.75 Å². The summed E-state index contributed by atoms with van der Waals surface area (Å²) in [6.45, 7) is 0.240. The Bertz CT molecular complexity index is 763. The maximum atomic E-state index is 10.5. The number of benzene rings is 1. The highest BCUT2D eigenvalue weighted by Gasteiger charge is 2.26. The van der Waals surface area contributed by atoms with Gasteiger partial charge in [0.15, 0.2) is 0 Å². The van der Waals surface area contributed by atoms with Crippen LogP contribution in [0.25, 0.3) is 0 Å². The molecule has 0 aromatic heterocycles. The van der Waals surface area contributed by atoms with Crippen LogP contribution in [0.4, 0.5) is 0 Å². The van der Waals surface area contributed by atoms with Gasteiger partial charge in [-0.15, -0.1) is 0 Å². The third-order valence-corrected chi connectivity index (χ3v) is 6.66. The van der Waals surface area contributed by atoms with Gasteiger partial charge >= 0.3 is 0 Å². The molecule has 3 aliphatic carbocycles. The number of para-hydroxylation sites is 1. The Labute approximate surface area is 167 Å². The summed E-state index contributed by atoms with van der Waals surface area (Å²) in [6, 6.07) is 8.69. The molecular weight excluding hydrogens is 378 g/mol. The van der Waals surface area contributed by atoms with Crippen LogP contribution in [-0.4, -0.2) is 36.0 Å². The third kappa shape index (κ3) is 7.02. The summed E-state index contributed by atoms with van der Waals surface area (Å²) in [5, 5.41) is 12.4. The van der Waals surface area contributed by atoms with E-state index in [9.17, 15) is 13.5 Å². The van der Waals surface area contributed by atoms with Crippen LogP contribution in [0.5, 0.6) is 5.75 Å². The Morgan fingerprint density at radius 1 is 1.07 bits per heavy atom. The molecule has 0 bridgehead atoms. The molecule has 1 aromatic rings. The Morgan fingerprint density at radius 3 is 2.32 bits per heavy atom. The molecule has 0 saturated heterocycles. The van der Waals surface area contributed by atoms with E-state index in [0.29, 0.717) is 24.8 Å². The van der Waals surface area contributed by atoms with Gasteiger partial charge in [0.05, 0.1) is 5.25 Å². The highest BCUT2D eigenvalue weighted by molar-refractivity contribution is 7.86. The van der Waals surface area contributed by atoms with Crippen molar-refractivity contribution in [2.24, 2.45) is 0 Å². The van der Waals surface area contributed by atoms with Crippen molar-refractivity contribution in [1.82, 2.24) is 5.32 Å². The monoisotopic (exact) mass is 409 g/mol. The minimum absolute atomic E-state index is 0.240. The largest absolute Gasteiger partial charge is 0.507 e. The molecule has 0 atom stereocenters. The summed E-state index contributed by atoms with van der Waals surface area (Å²) in [5.41, 5.74) is 1.28. The van der Waals surface area contributed by atoms with Gasteiger partial charge in [0.25, 0.3) is 10.1 Å². The number of aliphatic hydroxyl groups excluding tert-OH is 1. The van der Waals surface area contributed by atoms with Crippen molar-refractivity contribution in [2.45, 2.75) is 75.0 Å². The zero-order valence-electron chi connectivity index (χ0n) is 16.2. The molecule has 3 aliphatic rings. The lowest BCUT2D eigenvalue weighted by Gasteiger charge is -2.17. The van der Waals surface area contributed by atoms with Gasteiger partial charge in [-0.25, -0.2) is 0 Å². The van der Waals surface area contributed by atoms with Crippen molar-refractivity contribution >= 4 is 10.1 Å². The van der Waals surface area contributed by atoms with E-state index in [1.165, 1.54) is 31.2 Å². The van der Waals surface area contributed by atoms with Crippen molar-refractivity contribution in [3.05, 3.63) is 41.8 Å². The van der Waals surface area contributed by atoms with Gasteiger partial charge in [0, 0.05) is 12.2 Å². The summed E-state index contributed by atoms with van der Waals surface area (Å²) in [7, 11) is -3.73. The molecule has 0 aliphatic heterocycles. The minimum atomic E-state index is -3.73. The lowest BCUT2D eigenvalue weighted by atomic mass is 10.0. The fourth-order valence-corrected chi connectivity index (χ4v) is 4.29. The second kappa shape index (κ2) is 9.65. The molecule has 3 fully saturated rings. The number of aliphatic hydroxyl groups is 1. The zero-order valence-corrected chi connectivity index (χ0v) is 17.0. The van der Waals surface area contributed by atoms with Gasteiger partial charge in [-0.05, 0) is 56.1 Å². The van der Waals surface area contributed by atoms with Crippen LogP contribution in [0, 0.1) is 0 Å². The summed E-state index contributed by atoms with van der Waals surface area (Å²) in [6.07, 6.45) is 10.8. The van der Waals surface area contributed by atoms with Gasteiger partial charge in [0.1, 0.15) is 18.1 Å². The van der Waals surface area contributed by atoms with Crippen LogP contribution >= 0.6 is 0 Å². The summed E-state index contributed by atoms with van der Waals surface area (Å²) in [4.78, 5) is 0. The summed E-state index contributed by atoms with van der Waals surface area (Å²) in [5.74, 6) is 1.83. The first-order chi connectivity index (χ1) is 13.4. The highest BCUT2D eigenvalue weighted by atomic mass is 32.2. The minimum Gasteiger partial charge on any atom is -0.507 e. The Balaban J connectivity index is 0.000000192. The maximum absolute atomic E-state index is 10.5. The first kappa shape index (κ1) is 21.0. The standard InChI is InChI=1S/C15H19NO2.C6H12O3S/c17-13(9-16-12-7-8-12)10-18-15-4-2-1-3-14(15)11-5-6-11;7-10(8,9)6-4-2-1-3-5-6/h1-4,9,11-12,16-17H,5-8,10H2;6H,1-5H2,(H,7,8,9)/b13-9+;. The smallest absolute Gasteiger partial charge is 0.267 e. The second-order valence-corrected chi connectivity index (χ2v) is 9.65. The lowest BCUT2D eigenvalue weighted by Crippen LogP contribution is -2.22. The molecular formula is C21H31NO5S. The van der Waals surface area contributed by atoms with Crippen LogP contribution in [0.1, 0.15) is 69.3 Å². The molecule has 28 heavy (non-hydrogen) atoms. The predicted octanol–water partition coefficient (Wildman–Crippen LogP) is 4.30. The second-order valence-electron chi connectivity index (χ2n) is 7.95. The topological polar surface area (TPSA) is 95.9 Å². The van der Waals surface area contributed by atoms with Crippen molar-refractivity contribution in [1.29, 1.82) is 0 Å². The van der Waals surface area contributed by atoms with Crippen LogP contribution in [-0.2, 0) is 10.1 Å². The molecule has 0 amide bonds. The third-order valence-electron chi connectivity index (χ3n) is 5.35. The van der Waals surface area contributed by atoms with E-state index in [4.69, 9.17) is 9.29 Å². The molecule has 1 aromatic carbocycles. The fourth-order valence-electron chi connectivity index (χ4n) is 3.36. The Hall–Kier alpha value is -1.73. The fraction of sp³-hybridized carbons (Fsp3) is 0.619. The van der Waals surface area contributed by atoms with E-state index < -0.39 is 15.4 Å². The zero-order chi connectivity index (χ0) is 20.0. The number of hydrogen-bond acceptors (Lipinski definition) is 5. The SMILES string of the molecule is O/C(=C/NC1CC1)COc1ccccc1C1CC1.O=S(=O)(O)C1CCCCC1. The van der Waals surface area contributed by atoms with E-state index in [1.807, 2.05) is 18.2 Å². The average Bonchev–Trinajstić information content (AvgIpc) is 3.59. The van der Waals surface area contributed by atoms with Gasteiger partial charge in [-0.3, -0.25) is 4.55 Å². The maximum Gasteiger partial charge on any atom is 0.267 e. The van der Waals surface area contributed by atoms with E-state index in [-0.39, 0.29) is 12.4 Å². The van der Waals surface area contributed by atoms with Crippen LogP contribution in [0.15, 0.2) is 36.2 Å². The Morgan fingerprint density at radius 2 is 1.75 bits per heavy atom. The molecule has 6 nitrogen and oxygen atoms in total. The van der Waals surface area contributed by atoms with Crippen molar-refractivity contribution in [3.63, 3.8) is 0 Å². The molecule has 156 valence electrons. The summed E-state index contributed by atoms with van der Waals surface area (Å²) >= 11 is 0. The molecule has 3 saturated carbocycles. The molecule has 0 radical (unpaired) electrons. The van der Waals surface area contributed by atoms with Crippen LogP contribution in [0.3, 0.4) is 0 Å². The first-order valence-corrected chi connectivity index (χ1v) is 11.8. The van der Waals surface area contributed by atoms with Gasteiger partial charge in [-0.2, -0.15) is 8.42 Å². The number of hydrogen-bond donors (Lipinski definition) is 3. The van der Waals surface area contributed by atoms with Gasteiger partial charge in [0.2, 0.25) is 0 Å². The van der Waals surface area contributed by atoms with Crippen molar-refractivity contribution in [2.75, 3.05) is 6.61 Å². The summed E-state index contributed by atoms with van der Waals surface area (Å²) < 4.78 is 35.4. The predicted molar refractivity (Wildman–Crippen MR) is 109 cm³/mol. The number of ether oxygens (including phenoxy) is 1. The van der Waals surface area contributed by atoms with Crippen LogP contribution < -0.4 is 10.1 Å². The van der Waals surface area contributed by atoms with E-state index in [2.05, 4.69) is 11.4 Å². The van der Waals surface area contributed by atoms with Crippen molar-refractivity contribution < 1.29 is 22.8 Å².